The Morgan fingerprint density at radius 2 is 1.85 bits per heavy atom. The van der Waals surface area contributed by atoms with Crippen LogP contribution >= 0.6 is 11.6 Å². The first-order valence-electron chi connectivity index (χ1n) is 10.00. The fraction of sp³-hybridized carbons (Fsp3) is 0.0870. The molecule has 5 aromatic rings. The summed E-state index contributed by atoms with van der Waals surface area (Å²) in [4.78, 5) is 26.0. The molecule has 0 atom stereocenters. The van der Waals surface area contributed by atoms with Gasteiger partial charge in [-0.05, 0) is 36.8 Å². The molecule has 5 rings (SSSR count). The van der Waals surface area contributed by atoms with Gasteiger partial charge in [-0.15, -0.1) is 5.10 Å². The summed E-state index contributed by atoms with van der Waals surface area (Å²) in [5, 5.41) is 4.86. The van der Waals surface area contributed by atoms with E-state index in [1.807, 2.05) is 43.3 Å². The van der Waals surface area contributed by atoms with Crippen molar-refractivity contribution < 1.29 is 4.39 Å². The highest BCUT2D eigenvalue weighted by atomic mass is 35.5. The van der Waals surface area contributed by atoms with Gasteiger partial charge >= 0.3 is 5.69 Å². The van der Waals surface area contributed by atoms with Crippen LogP contribution in [0.25, 0.3) is 28.0 Å². The normalized spacial score (nSPS) is 11.2. The minimum absolute atomic E-state index is 0.00667. The number of aryl methyl sites for hydroxylation is 1. The molecule has 8 nitrogen and oxygen atoms in total. The van der Waals surface area contributed by atoms with Crippen LogP contribution in [0.1, 0.15) is 11.4 Å². The van der Waals surface area contributed by atoms with Crippen molar-refractivity contribution in [2.45, 2.75) is 13.5 Å². The molecule has 0 fully saturated rings. The smallest absolute Gasteiger partial charge is 0.353 e. The zero-order chi connectivity index (χ0) is 23.1. The lowest BCUT2D eigenvalue weighted by atomic mass is 10.0. The molecule has 4 heterocycles. The number of fused-ring (bicyclic) bond motifs is 1. The van der Waals surface area contributed by atoms with Crippen LogP contribution in [0.5, 0.6) is 0 Å². The molecule has 0 aliphatic rings. The molecule has 1 aromatic carbocycles. The lowest BCUT2D eigenvalue weighted by Crippen LogP contribution is -2.24. The third kappa shape index (κ3) is 3.83. The maximum atomic E-state index is 13.2. The van der Waals surface area contributed by atoms with Crippen LogP contribution in [0.4, 0.5) is 10.3 Å². The standard InChI is InChI=1S/C23H17ClFN7O/c1-13-9-15(10-18(24)28-13)19-20(14-5-3-2-4-6-14)29-22(26)32-21(19)30-31(23(32)33)12-17-8-7-16(25)11-27-17/h2-11H,12H2,1H3,(H2,26,29). The maximum Gasteiger partial charge on any atom is 0.353 e. The molecule has 164 valence electrons. The number of hydrogen-bond acceptors (Lipinski definition) is 6. The minimum Gasteiger partial charge on any atom is -0.369 e. The molecule has 0 amide bonds. The third-order valence-electron chi connectivity index (χ3n) is 5.11. The van der Waals surface area contributed by atoms with E-state index in [-0.39, 0.29) is 12.5 Å². The monoisotopic (exact) mass is 461 g/mol. The Hall–Kier alpha value is -4.11. The van der Waals surface area contributed by atoms with Crippen molar-refractivity contribution in [3.05, 3.63) is 93.6 Å². The fourth-order valence-corrected chi connectivity index (χ4v) is 3.95. The fourth-order valence-electron chi connectivity index (χ4n) is 3.70. The summed E-state index contributed by atoms with van der Waals surface area (Å²) < 4.78 is 15.7. The summed E-state index contributed by atoms with van der Waals surface area (Å²) in [5.41, 5.74) is 9.86. The van der Waals surface area contributed by atoms with Crippen molar-refractivity contribution >= 4 is 23.2 Å². The molecule has 0 radical (unpaired) electrons. The molecule has 0 unspecified atom stereocenters. The summed E-state index contributed by atoms with van der Waals surface area (Å²) in [7, 11) is 0. The summed E-state index contributed by atoms with van der Waals surface area (Å²) in [6.07, 6.45) is 1.09. The van der Waals surface area contributed by atoms with Gasteiger partial charge in [0, 0.05) is 11.3 Å². The summed E-state index contributed by atoms with van der Waals surface area (Å²) in [6.45, 7) is 1.86. The molecule has 0 aliphatic heterocycles. The number of hydrogen-bond donors (Lipinski definition) is 1. The molecule has 0 saturated carbocycles. The number of benzene rings is 1. The maximum absolute atomic E-state index is 13.2. The van der Waals surface area contributed by atoms with E-state index in [1.165, 1.54) is 21.2 Å². The molecule has 0 spiro atoms. The number of anilines is 1. The summed E-state index contributed by atoms with van der Waals surface area (Å²) >= 11 is 6.25. The summed E-state index contributed by atoms with van der Waals surface area (Å²) in [6, 6.07) is 15.8. The SMILES string of the molecule is Cc1cc(-c2c(-c3ccccc3)nc(N)n3c(=O)n(Cc4ccc(F)cn4)nc23)cc(Cl)n1. The van der Waals surface area contributed by atoms with Gasteiger partial charge in [0.05, 0.1) is 29.7 Å². The number of rotatable bonds is 4. The second-order valence-corrected chi connectivity index (χ2v) is 7.83. The largest absolute Gasteiger partial charge is 0.369 e. The van der Waals surface area contributed by atoms with Crippen LogP contribution in [-0.2, 0) is 6.54 Å². The average Bonchev–Trinajstić information content (AvgIpc) is 3.11. The van der Waals surface area contributed by atoms with E-state index in [1.54, 1.807) is 6.07 Å². The topological polar surface area (TPSA) is 104 Å². The Bertz CT molecular complexity index is 1530. The van der Waals surface area contributed by atoms with E-state index in [2.05, 4.69) is 20.1 Å². The minimum atomic E-state index is -0.487. The number of nitrogens with zero attached hydrogens (tertiary/aromatic N) is 6. The molecule has 10 heteroatoms. The number of halogens is 2. The molecule has 33 heavy (non-hydrogen) atoms. The first kappa shape index (κ1) is 20.8. The van der Waals surface area contributed by atoms with Crippen LogP contribution in [0.2, 0.25) is 5.15 Å². The van der Waals surface area contributed by atoms with Gasteiger partial charge in [0.25, 0.3) is 0 Å². The molecule has 0 bridgehead atoms. The average molecular weight is 462 g/mol. The zero-order valence-electron chi connectivity index (χ0n) is 17.4. The summed E-state index contributed by atoms with van der Waals surface area (Å²) in [5.74, 6) is -0.470. The van der Waals surface area contributed by atoms with Gasteiger partial charge in [0.15, 0.2) is 5.65 Å². The van der Waals surface area contributed by atoms with Crippen molar-refractivity contribution in [2.75, 3.05) is 5.73 Å². The third-order valence-corrected chi connectivity index (χ3v) is 5.31. The van der Waals surface area contributed by atoms with Gasteiger partial charge < -0.3 is 5.73 Å². The van der Waals surface area contributed by atoms with E-state index < -0.39 is 11.5 Å². The Labute approximate surface area is 192 Å². The van der Waals surface area contributed by atoms with E-state index in [9.17, 15) is 9.18 Å². The zero-order valence-corrected chi connectivity index (χ0v) is 18.2. The lowest BCUT2D eigenvalue weighted by Gasteiger charge is -2.12. The second kappa shape index (κ2) is 8.10. The van der Waals surface area contributed by atoms with Crippen LogP contribution in [-0.4, -0.2) is 29.1 Å². The van der Waals surface area contributed by atoms with Gasteiger partial charge in [-0.3, -0.25) is 4.98 Å². The quantitative estimate of drug-likeness (QED) is 0.409. The lowest BCUT2D eigenvalue weighted by molar-refractivity contribution is 0.609. The number of pyridine rings is 2. The first-order chi connectivity index (χ1) is 15.9. The van der Waals surface area contributed by atoms with E-state index in [4.69, 9.17) is 17.3 Å². The molecule has 0 saturated heterocycles. The van der Waals surface area contributed by atoms with Crippen molar-refractivity contribution in [3.8, 4) is 22.4 Å². The van der Waals surface area contributed by atoms with Crippen LogP contribution in [0, 0.1) is 12.7 Å². The van der Waals surface area contributed by atoms with Crippen molar-refractivity contribution in [1.29, 1.82) is 0 Å². The first-order valence-corrected chi connectivity index (χ1v) is 10.4. The second-order valence-electron chi connectivity index (χ2n) is 7.45. The molecular weight excluding hydrogens is 445 g/mol. The number of aromatic nitrogens is 6. The Morgan fingerprint density at radius 1 is 1.06 bits per heavy atom. The highest BCUT2D eigenvalue weighted by Crippen LogP contribution is 2.35. The predicted octanol–water partition coefficient (Wildman–Crippen LogP) is 3.75. The van der Waals surface area contributed by atoms with Crippen molar-refractivity contribution in [1.82, 2.24) is 29.1 Å². The van der Waals surface area contributed by atoms with Crippen molar-refractivity contribution in [2.24, 2.45) is 0 Å². The van der Waals surface area contributed by atoms with E-state index >= 15 is 0 Å². The van der Waals surface area contributed by atoms with Gasteiger partial charge in [-0.25, -0.2) is 28.2 Å². The van der Waals surface area contributed by atoms with Gasteiger partial charge in [-0.1, -0.05) is 41.9 Å². The Balaban J connectivity index is 1.81. The van der Waals surface area contributed by atoms with Crippen molar-refractivity contribution in [3.63, 3.8) is 0 Å². The van der Waals surface area contributed by atoms with Gasteiger partial charge in [0.1, 0.15) is 11.0 Å². The van der Waals surface area contributed by atoms with E-state index in [0.717, 1.165) is 11.8 Å². The van der Waals surface area contributed by atoms with Crippen LogP contribution in [0.3, 0.4) is 0 Å². The highest BCUT2D eigenvalue weighted by Gasteiger charge is 2.22. The Morgan fingerprint density at radius 3 is 2.55 bits per heavy atom. The predicted molar refractivity (Wildman–Crippen MR) is 123 cm³/mol. The van der Waals surface area contributed by atoms with Gasteiger partial charge in [-0.2, -0.15) is 0 Å². The van der Waals surface area contributed by atoms with E-state index in [0.29, 0.717) is 39.0 Å². The number of nitrogens with two attached hydrogens (primary N) is 1. The molecule has 4 aromatic heterocycles. The molecular formula is C23H17ClFN7O. The molecule has 0 aliphatic carbocycles. The number of nitrogen functional groups attached to an aromatic ring is 1. The highest BCUT2D eigenvalue weighted by molar-refractivity contribution is 6.29. The molecule has 2 N–H and O–H groups in total. The van der Waals surface area contributed by atoms with Crippen LogP contribution < -0.4 is 11.4 Å². The Kier molecular flexibility index (Phi) is 5.10. The van der Waals surface area contributed by atoms with Crippen LogP contribution in [0.15, 0.2) is 65.6 Å². The van der Waals surface area contributed by atoms with Gasteiger partial charge in [0.2, 0.25) is 5.95 Å².